The maximum absolute atomic E-state index is 11.3. The predicted octanol–water partition coefficient (Wildman–Crippen LogP) is -1.20. The number of hydrogen-bond acceptors (Lipinski definition) is 8. The molecule has 1 heterocycles. The molecule has 0 spiro atoms. The first-order chi connectivity index (χ1) is 8.52. The normalized spacial score (nSPS) is 23.3. The molecule has 0 aliphatic heterocycles. The van der Waals surface area contributed by atoms with Crippen molar-refractivity contribution >= 4 is 0 Å². The van der Waals surface area contributed by atoms with Gasteiger partial charge in [0.25, 0.3) is 5.69 Å². The SMILES string of the molecule is CC(=C[C@@]1(O)C(NO)=CCc2c1no[n+]2[O-])NO. The lowest BCUT2D eigenvalue weighted by molar-refractivity contribution is -0.807. The van der Waals surface area contributed by atoms with Crippen molar-refractivity contribution in [3.63, 3.8) is 0 Å². The molecule has 0 aromatic carbocycles. The van der Waals surface area contributed by atoms with E-state index in [2.05, 4.69) is 9.79 Å². The van der Waals surface area contributed by atoms with E-state index in [4.69, 9.17) is 10.4 Å². The number of allylic oxidation sites excluding steroid dienone is 2. The van der Waals surface area contributed by atoms with Gasteiger partial charge in [-0.1, -0.05) is 6.08 Å². The number of aromatic nitrogens is 2. The van der Waals surface area contributed by atoms with Gasteiger partial charge >= 0.3 is 0 Å². The predicted molar refractivity (Wildman–Crippen MR) is 54.7 cm³/mol. The van der Waals surface area contributed by atoms with Gasteiger partial charge in [-0.05, 0) is 17.9 Å². The van der Waals surface area contributed by atoms with Gasteiger partial charge < -0.3 is 10.3 Å². The number of nitrogens with zero attached hydrogens (tertiary/aromatic N) is 2. The Labute approximate surface area is 101 Å². The van der Waals surface area contributed by atoms with Crippen LogP contribution in [0.3, 0.4) is 0 Å². The number of hydroxylamine groups is 2. The molecule has 0 amide bonds. The van der Waals surface area contributed by atoms with Crippen LogP contribution in [-0.2, 0) is 12.0 Å². The molecule has 0 fully saturated rings. The fourth-order valence-electron chi connectivity index (χ4n) is 1.83. The van der Waals surface area contributed by atoms with Crippen molar-refractivity contribution in [2.45, 2.75) is 18.9 Å². The quantitative estimate of drug-likeness (QED) is 0.336. The van der Waals surface area contributed by atoms with Crippen molar-refractivity contribution in [1.82, 2.24) is 16.1 Å². The maximum atomic E-state index is 11.3. The molecule has 2 rings (SSSR count). The zero-order valence-electron chi connectivity index (χ0n) is 9.41. The first kappa shape index (κ1) is 12.4. The van der Waals surface area contributed by atoms with Gasteiger partial charge in [-0.3, -0.25) is 26.0 Å². The van der Waals surface area contributed by atoms with Crippen LogP contribution in [0.1, 0.15) is 18.3 Å². The van der Waals surface area contributed by atoms with Gasteiger partial charge in [0, 0.05) is 17.3 Å². The zero-order valence-corrected chi connectivity index (χ0v) is 9.41. The van der Waals surface area contributed by atoms with Crippen molar-refractivity contribution in [2.75, 3.05) is 0 Å². The fraction of sp³-hybridized carbons (Fsp3) is 0.333. The van der Waals surface area contributed by atoms with E-state index in [9.17, 15) is 10.3 Å². The smallest absolute Gasteiger partial charge is 0.263 e. The van der Waals surface area contributed by atoms with Gasteiger partial charge in [0.2, 0.25) is 5.69 Å². The molecule has 1 aromatic rings. The number of fused-ring (bicyclic) bond motifs is 1. The standard InChI is InChI=1S/C9H12N4O5/c1-5(10-15)4-9(14)7(11-16)3-2-6-8(9)12-18-13(6)17/h3-4,10-11,14-16H,2H2,1H3/t9-/m1/s1. The molecule has 18 heavy (non-hydrogen) atoms. The Balaban J connectivity index is 2.58. The first-order valence-corrected chi connectivity index (χ1v) is 5.04. The van der Waals surface area contributed by atoms with E-state index in [0.29, 0.717) is 0 Å². The van der Waals surface area contributed by atoms with E-state index in [0.717, 1.165) is 0 Å². The Morgan fingerprint density at radius 1 is 1.67 bits per heavy atom. The molecule has 1 aliphatic rings. The minimum atomic E-state index is -1.89. The largest absolute Gasteiger partial charge is 0.372 e. The van der Waals surface area contributed by atoms with Gasteiger partial charge in [-0.25, -0.2) is 0 Å². The third-order valence-corrected chi connectivity index (χ3v) is 2.69. The molecule has 1 aromatic heterocycles. The lowest BCUT2D eigenvalue weighted by Crippen LogP contribution is -2.40. The Bertz CT molecular complexity index is 523. The molecule has 1 aliphatic carbocycles. The Hall–Kier alpha value is -2.10. The molecule has 0 saturated heterocycles. The highest BCUT2D eigenvalue weighted by Gasteiger charge is 2.45. The number of rotatable bonds is 3. The second kappa shape index (κ2) is 4.29. The summed E-state index contributed by atoms with van der Waals surface area (Å²) in [6.07, 6.45) is 2.74. The Morgan fingerprint density at radius 3 is 3.00 bits per heavy atom. The fourth-order valence-corrected chi connectivity index (χ4v) is 1.83. The summed E-state index contributed by atoms with van der Waals surface area (Å²) in [4.78, 5) is 0.181. The van der Waals surface area contributed by atoms with Gasteiger partial charge in [-0.2, -0.15) is 0 Å². The van der Waals surface area contributed by atoms with Crippen LogP contribution in [0.4, 0.5) is 0 Å². The summed E-state index contributed by atoms with van der Waals surface area (Å²) in [5.41, 5.74) is 2.08. The van der Waals surface area contributed by atoms with Crippen molar-refractivity contribution in [3.8, 4) is 0 Å². The minimum absolute atomic E-state index is 0.0125. The monoisotopic (exact) mass is 256 g/mol. The highest BCUT2D eigenvalue weighted by Crippen LogP contribution is 2.34. The number of hydrogen-bond donors (Lipinski definition) is 5. The van der Waals surface area contributed by atoms with Crippen LogP contribution >= 0.6 is 0 Å². The summed E-state index contributed by atoms with van der Waals surface area (Å²) >= 11 is 0. The van der Waals surface area contributed by atoms with Crippen molar-refractivity contribution < 1.29 is 25.1 Å². The lowest BCUT2D eigenvalue weighted by atomic mass is 9.87. The topological polar surface area (TPSA) is 138 Å². The van der Waals surface area contributed by atoms with Crippen molar-refractivity contribution in [3.05, 3.63) is 40.1 Å². The van der Waals surface area contributed by atoms with Crippen LogP contribution < -0.4 is 15.9 Å². The molecule has 0 radical (unpaired) electrons. The number of nitrogens with one attached hydrogen (secondary N) is 2. The summed E-state index contributed by atoms with van der Waals surface area (Å²) in [7, 11) is 0. The second-order valence-electron chi connectivity index (χ2n) is 3.86. The van der Waals surface area contributed by atoms with Gasteiger partial charge in [0.1, 0.15) is 0 Å². The number of aliphatic hydroxyl groups is 1. The van der Waals surface area contributed by atoms with E-state index < -0.39 is 5.60 Å². The zero-order chi connectivity index (χ0) is 13.3. The van der Waals surface area contributed by atoms with Crippen LogP contribution in [0, 0.1) is 5.21 Å². The first-order valence-electron chi connectivity index (χ1n) is 5.04. The Kier molecular flexibility index (Phi) is 2.95. The highest BCUT2D eigenvalue weighted by molar-refractivity contribution is 5.39. The molecule has 9 heteroatoms. The summed E-state index contributed by atoms with van der Waals surface area (Å²) in [6.45, 7) is 1.48. The van der Waals surface area contributed by atoms with E-state index in [1.165, 1.54) is 19.1 Å². The van der Waals surface area contributed by atoms with E-state index in [-0.39, 0.29) is 34.1 Å². The van der Waals surface area contributed by atoms with E-state index in [1.54, 1.807) is 0 Å². The molecule has 0 saturated carbocycles. The van der Waals surface area contributed by atoms with E-state index >= 15 is 0 Å². The summed E-state index contributed by atoms with van der Waals surface area (Å²) in [5.74, 6) is 0. The molecule has 1 atom stereocenters. The molecule has 98 valence electrons. The van der Waals surface area contributed by atoms with Gasteiger partial charge in [-0.15, -0.1) is 0 Å². The summed E-state index contributed by atoms with van der Waals surface area (Å²) < 4.78 is 4.42. The third kappa shape index (κ3) is 1.70. The average Bonchev–Trinajstić information content (AvgIpc) is 2.72. The van der Waals surface area contributed by atoms with Crippen LogP contribution in [0.2, 0.25) is 0 Å². The summed E-state index contributed by atoms with van der Waals surface area (Å²) in [5, 5.41) is 43.0. The Morgan fingerprint density at radius 2 is 2.39 bits per heavy atom. The lowest BCUT2D eigenvalue weighted by Gasteiger charge is -2.26. The van der Waals surface area contributed by atoms with Crippen LogP contribution in [0.15, 0.2) is 28.2 Å². The highest BCUT2D eigenvalue weighted by atomic mass is 16.8. The van der Waals surface area contributed by atoms with Gasteiger partial charge in [0.05, 0.1) is 5.70 Å². The van der Waals surface area contributed by atoms with Crippen LogP contribution in [0.25, 0.3) is 0 Å². The summed E-state index contributed by atoms with van der Waals surface area (Å²) in [6, 6.07) is 0. The molecule has 5 N–H and O–H groups in total. The third-order valence-electron chi connectivity index (χ3n) is 2.69. The molecular weight excluding hydrogens is 244 g/mol. The van der Waals surface area contributed by atoms with E-state index in [1.807, 2.05) is 11.0 Å². The van der Waals surface area contributed by atoms with Gasteiger partial charge in [0.15, 0.2) is 5.60 Å². The minimum Gasteiger partial charge on any atom is -0.372 e. The van der Waals surface area contributed by atoms with Crippen molar-refractivity contribution in [1.29, 1.82) is 0 Å². The van der Waals surface area contributed by atoms with Crippen LogP contribution in [0.5, 0.6) is 0 Å². The molecule has 9 nitrogen and oxygen atoms in total. The average molecular weight is 256 g/mol. The van der Waals surface area contributed by atoms with Crippen LogP contribution in [-0.4, -0.2) is 20.7 Å². The molecule has 0 bridgehead atoms. The van der Waals surface area contributed by atoms with Crippen molar-refractivity contribution in [2.24, 2.45) is 0 Å². The second-order valence-corrected chi connectivity index (χ2v) is 3.86. The molecule has 0 unspecified atom stereocenters. The maximum Gasteiger partial charge on any atom is 0.263 e. The molecular formula is C9H12N4O5.